The average Bonchev–Trinajstić information content (AvgIpc) is 3.13. The number of amides is 1. The van der Waals surface area contributed by atoms with Crippen LogP contribution in [0.25, 0.3) is 0 Å². The molecular weight excluding hydrogens is 491 g/mol. The van der Waals surface area contributed by atoms with E-state index in [4.69, 9.17) is 0 Å². The summed E-state index contributed by atoms with van der Waals surface area (Å²) in [5.41, 5.74) is 1.66. The van der Waals surface area contributed by atoms with Crippen LogP contribution >= 0.6 is 24.0 Å². The van der Waals surface area contributed by atoms with Crippen molar-refractivity contribution in [3.05, 3.63) is 29.3 Å². The lowest BCUT2D eigenvalue weighted by Crippen LogP contribution is -2.39. The summed E-state index contributed by atoms with van der Waals surface area (Å²) in [5.74, 6) is 0.833. The molecule has 2 N–H and O–H groups in total. The van der Waals surface area contributed by atoms with Crippen LogP contribution in [0.15, 0.2) is 28.1 Å². The second-order valence-electron chi connectivity index (χ2n) is 6.83. The summed E-state index contributed by atoms with van der Waals surface area (Å²) in [6.45, 7) is 7.20. The summed E-state index contributed by atoms with van der Waals surface area (Å²) in [7, 11) is -3.21. The van der Waals surface area contributed by atoms with Gasteiger partial charge in [-0.05, 0) is 43.9 Å². The molecule has 0 radical (unpaired) electrons. The van der Waals surface area contributed by atoms with Gasteiger partial charge in [0.15, 0.2) is 15.8 Å². The molecule has 1 aromatic carbocycles. The fraction of sp³-hybridized carbons (Fsp3) is 0.579. The maximum Gasteiger partial charge on any atom is 0.224 e. The number of carbonyl (C=O) groups excluding carboxylic acids is 1. The van der Waals surface area contributed by atoms with E-state index in [2.05, 4.69) is 15.6 Å². The third-order valence-electron chi connectivity index (χ3n) is 4.49. The molecule has 1 saturated heterocycles. The van der Waals surface area contributed by atoms with Crippen LogP contribution in [0.5, 0.6) is 0 Å². The molecular formula is C19H31IN4O3S. The van der Waals surface area contributed by atoms with Crippen molar-refractivity contribution in [2.75, 3.05) is 32.4 Å². The average molecular weight is 522 g/mol. The molecule has 0 spiro atoms. The Balaban J connectivity index is 0.00000392. The topological polar surface area (TPSA) is 90.9 Å². The summed E-state index contributed by atoms with van der Waals surface area (Å²) in [4.78, 5) is 18.9. The first-order valence-electron chi connectivity index (χ1n) is 9.41. The smallest absolute Gasteiger partial charge is 0.224 e. The number of aliphatic imine (C=N–C) groups is 1. The number of likely N-dealkylation sites (tertiary alicyclic amines) is 1. The molecule has 7 nitrogen and oxygen atoms in total. The zero-order chi connectivity index (χ0) is 19.9. The van der Waals surface area contributed by atoms with Crippen LogP contribution in [0.4, 0.5) is 0 Å². The van der Waals surface area contributed by atoms with Gasteiger partial charge in [0.05, 0.1) is 11.4 Å². The number of nitrogens with zero attached hydrogens (tertiary/aromatic N) is 2. The lowest BCUT2D eigenvalue weighted by atomic mass is 10.1. The number of aryl methyl sites for hydroxylation is 1. The minimum atomic E-state index is -3.21. The summed E-state index contributed by atoms with van der Waals surface area (Å²) in [6.07, 6.45) is 3.86. The summed E-state index contributed by atoms with van der Waals surface area (Å²) >= 11 is 0. The van der Waals surface area contributed by atoms with Gasteiger partial charge in [-0.3, -0.25) is 4.79 Å². The van der Waals surface area contributed by atoms with Gasteiger partial charge >= 0.3 is 0 Å². The SMILES string of the molecule is CCNC(=NCc1ccc(S(C)(=O)=O)c(C)c1)NCCC(=O)N1CCCC1.I. The normalized spacial score (nSPS) is 14.5. The molecule has 1 aliphatic heterocycles. The van der Waals surface area contributed by atoms with Crippen molar-refractivity contribution >= 4 is 45.7 Å². The summed E-state index contributed by atoms with van der Waals surface area (Å²) < 4.78 is 23.4. The Morgan fingerprint density at radius 3 is 2.46 bits per heavy atom. The molecule has 1 aliphatic rings. The van der Waals surface area contributed by atoms with E-state index in [1.807, 2.05) is 17.9 Å². The Morgan fingerprint density at radius 2 is 1.89 bits per heavy atom. The highest BCUT2D eigenvalue weighted by atomic mass is 127. The van der Waals surface area contributed by atoms with Crippen molar-refractivity contribution in [1.29, 1.82) is 0 Å². The highest BCUT2D eigenvalue weighted by Crippen LogP contribution is 2.17. The fourth-order valence-electron chi connectivity index (χ4n) is 3.15. The molecule has 9 heteroatoms. The van der Waals surface area contributed by atoms with Gasteiger partial charge in [-0.2, -0.15) is 0 Å². The van der Waals surface area contributed by atoms with E-state index in [0.29, 0.717) is 30.4 Å². The van der Waals surface area contributed by atoms with Crippen LogP contribution in [-0.4, -0.2) is 57.6 Å². The zero-order valence-electron chi connectivity index (χ0n) is 16.8. The van der Waals surface area contributed by atoms with Crippen LogP contribution in [-0.2, 0) is 21.2 Å². The molecule has 1 amide bonds. The molecule has 0 atom stereocenters. The minimum absolute atomic E-state index is 0. The number of nitrogens with one attached hydrogen (secondary N) is 2. The third kappa shape index (κ3) is 7.57. The van der Waals surface area contributed by atoms with Crippen LogP contribution in [0.1, 0.15) is 37.3 Å². The lowest BCUT2D eigenvalue weighted by Gasteiger charge is -2.16. The number of benzene rings is 1. The van der Waals surface area contributed by atoms with Gasteiger partial charge in [0, 0.05) is 38.9 Å². The van der Waals surface area contributed by atoms with Gasteiger partial charge in [0.2, 0.25) is 5.91 Å². The largest absolute Gasteiger partial charge is 0.357 e. The molecule has 2 rings (SSSR count). The molecule has 1 aromatic rings. The highest BCUT2D eigenvalue weighted by Gasteiger charge is 2.17. The first kappa shape index (κ1) is 24.7. The third-order valence-corrected chi connectivity index (χ3v) is 5.75. The van der Waals surface area contributed by atoms with E-state index in [0.717, 1.165) is 43.6 Å². The second kappa shape index (κ2) is 11.6. The van der Waals surface area contributed by atoms with Gasteiger partial charge in [-0.25, -0.2) is 13.4 Å². The van der Waals surface area contributed by atoms with Crippen LogP contribution in [0.2, 0.25) is 0 Å². The number of sulfone groups is 1. The van der Waals surface area contributed by atoms with E-state index >= 15 is 0 Å². The second-order valence-corrected chi connectivity index (χ2v) is 8.82. The maximum absolute atomic E-state index is 12.1. The highest BCUT2D eigenvalue weighted by molar-refractivity contribution is 14.0. The molecule has 0 unspecified atom stereocenters. The first-order valence-corrected chi connectivity index (χ1v) is 11.3. The van der Waals surface area contributed by atoms with Crippen molar-refractivity contribution in [3.8, 4) is 0 Å². The van der Waals surface area contributed by atoms with Crippen molar-refractivity contribution in [2.24, 2.45) is 4.99 Å². The van der Waals surface area contributed by atoms with Gasteiger partial charge in [-0.15, -0.1) is 24.0 Å². The molecule has 0 aliphatic carbocycles. The fourth-order valence-corrected chi connectivity index (χ4v) is 4.11. The number of carbonyl (C=O) groups is 1. The van der Waals surface area contributed by atoms with Gasteiger partial charge in [0.1, 0.15) is 0 Å². The molecule has 0 aromatic heterocycles. The molecule has 1 heterocycles. The predicted octanol–water partition coefficient (Wildman–Crippen LogP) is 2.08. The van der Waals surface area contributed by atoms with Crippen LogP contribution in [0.3, 0.4) is 0 Å². The standard InChI is InChI=1S/C19H30N4O3S.HI/c1-4-20-19(21-10-9-18(24)23-11-5-6-12-23)22-14-16-7-8-17(15(2)13-16)27(3,25)26;/h7-8,13H,4-6,9-12,14H2,1-3H3,(H2,20,21,22);1H. The van der Waals surface area contributed by atoms with Gasteiger partial charge < -0.3 is 15.5 Å². The lowest BCUT2D eigenvalue weighted by molar-refractivity contribution is -0.129. The van der Waals surface area contributed by atoms with E-state index in [1.165, 1.54) is 6.26 Å². The zero-order valence-corrected chi connectivity index (χ0v) is 20.0. The van der Waals surface area contributed by atoms with Crippen LogP contribution in [0, 0.1) is 6.92 Å². The van der Waals surface area contributed by atoms with Crippen molar-refractivity contribution < 1.29 is 13.2 Å². The van der Waals surface area contributed by atoms with E-state index in [-0.39, 0.29) is 29.9 Å². The number of hydrogen-bond acceptors (Lipinski definition) is 4. The molecule has 0 saturated carbocycles. The Morgan fingerprint density at radius 1 is 1.21 bits per heavy atom. The first-order chi connectivity index (χ1) is 12.8. The molecule has 28 heavy (non-hydrogen) atoms. The Hall–Kier alpha value is -1.36. The Bertz CT molecular complexity index is 790. The summed E-state index contributed by atoms with van der Waals surface area (Å²) in [5, 5.41) is 6.36. The van der Waals surface area contributed by atoms with Crippen molar-refractivity contribution in [1.82, 2.24) is 15.5 Å². The minimum Gasteiger partial charge on any atom is -0.357 e. The van der Waals surface area contributed by atoms with E-state index in [1.54, 1.807) is 19.1 Å². The quantitative estimate of drug-likeness (QED) is 0.325. The summed E-state index contributed by atoms with van der Waals surface area (Å²) in [6, 6.07) is 5.26. The van der Waals surface area contributed by atoms with Gasteiger partial charge in [-0.1, -0.05) is 12.1 Å². The molecule has 0 bridgehead atoms. The molecule has 158 valence electrons. The van der Waals surface area contributed by atoms with E-state index < -0.39 is 9.84 Å². The Labute approximate surface area is 185 Å². The van der Waals surface area contributed by atoms with Crippen molar-refractivity contribution in [2.45, 2.75) is 44.6 Å². The molecule has 1 fully saturated rings. The predicted molar refractivity (Wildman–Crippen MR) is 123 cm³/mol. The number of halogens is 1. The Kier molecular flexibility index (Phi) is 10.2. The maximum atomic E-state index is 12.1. The monoisotopic (exact) mass is 522 g/mol. The van der Waals surface area contributed by atoms with Crippen LogP contribution < -0.4 is 10.6 Å². The number of rotatable bonds is 7. The number of guanidine groups is 1. The number of hydrogen-bond donors (Lipinski definition) is 2. The van der Waals surface area contributed by atoms with Gasteiger partial charge in [0.25, 0.3) is 0 Å². The van der Waals surface area contributed by atoms with E-state index in [9.17, 15) is 13.2 Å². The van der Waals surface area contributed by atoms with Crippen molar-refractivity contribution in [3.63, 3.8) is 0 Å².